The lowest BCUT2D eigenvalue weighted by Gasteiger charge is -2.34. The van der Waals surface area contributed by atoms with Gasteiger partial charge in [-0.15, -0.1) is 0 Å². The van der Waals surface area contributed by atoms with Crippen molar-refractivity contribution in [2.45, 2.75) is 51.0 Å². The molecular weight excluding hydrogens is 347 g/mol. The summed E-state index contributed by atoms with van der Waals surface area (Å²) < 4.78 is 46.2. The molecule has 1 amide bonds. The van der Waals surface area contributed by atoms with Crippen LogP contribution in [0, 0.1) is 5.82 Å². The molecular formula is C17H25FN2O4S. The van der Waals surface area contributed by atoms with Crippen LogP contribution in [0.25, 0.3) is 0 Å². The van der Waals surface area contributed by atoms with Crippen LogP contribution in [-0.4, -0.2) is 44.1 Å². The third kappa shape index (κ3) is 6.28. The summed E-state index contributed by atoms with van der Waals surface area (Å²) >= 11 is 0. The van der Waals surface area contributed by atoms with Crippen molar-refractivity contribution in [3.05, 3.63) is 35.6 Å². The molecule has 1 aliphatic rings. The van der Waals surface area contributed by atoms with Crippen LogP contribution in [0.5, 0.6) is 0 Å². The second-order valence-electron chi connectivity index (χ2n) is 7.23. The fourth-order valence-corrected chi connectivity index (χ4v) is 4.11. The van der Waals surface area contributed by atoms with Crippen LogP contribution in [0.15, 0.2) is 24.3 Å². The zero-order valence-corrected chi connectivity index (χ0v) is 15.6. The van der Waals surface area contributed by atoms with Crippen LogP contribution in [0.4, 0.5) is 9.18 Å². The van der Waals surface area contributed by atoms with E-state index >= 15 is 0 Å². The van der Waals surface area contributed by atoms with Crippen molar-refractivity contribution in [2.24, 2.45) is 0 Å². The molecule has 25 heavy (non-hydrogen) atoms. The summed E-state index contributed by atoms with van der Waals surface area (Å²) in [6.45, 7) is 6.11. The second-order valence-corrected chi connectivity index (χ2v) is 8.99. The predicted octanol–water partition coefficient (Wildman–Crippen LogP) is 2.64. The summed E-state index contributed by atoms with van der Waals surface area (Å²) in [6.07, 6.45) is 0.840. The van der Waals surface area contributed by atoms with E-state index in [4.69, 9.17) is 4.74 Å². The number of hydrogen-bond acceptors (Lipinski definition) is 4. The minimum Gasteiger partial charge on any atom is -0.444 e. The summed E-state index contributed by atoms with van der Waals surface area (Å²) in [5, 5.41) is 0. The average Bonchev–Trinajstić information content (AvgIpc) is 2.47. The largest absolute Gasteiger partial charge is 0.444 e. The quantitative estimate of drug-likeness (QED) is 0.882. The lowest BCUT2D eigenvalue weighted by atomic mass is 10.1. The van der Waals surface area contributed by atoms with Gasteiger partial charge in [0.25, 0.3) is 0 Å². The van der Waals surface area contributed by atoms with Gasteiger partial charge >= 0.3 is 6.09 Å². The van der Waals surface area contributed by atoms with E-state index in [9.17, 15) is 17.6 Å². The normalized spacial score (nSPS) is 18.9. The van der Waals surface area contributed by atoms with Gasteiger partial charge in [0.15, 0.2) is 0 Å². The van der Waals surface area contributed by atoms with Crippen LogP contribution < -0.4 is 4.72 Å². The molecule has 6 nitrogen and oxygen atoms in total. The molecule has 0 aliphatic carbocycles. The van der Waals surface area contributed by atoms with Gasteiger partial charge in [0.05, 0.1) is 5.75 Å². The number of carbonyl (C=O) groups excluding carboxylic acids is 1. The van der Waals surface area contributed by atoms with E-state index in [1.165, 1.54) is 23.1 Å². The molecule has 0 spiro atoms. The Balaban J connectivity index is 1.97. The number of rotatable bonds is 4. The van der Waals surface area contributed by atoms with Crippen LogP contribution in [0.2, 0.25) is 0 Å². The highest BCUT2D eigenvalue weighted by atomic mass is 32.2. The highest BCUT2D eigenvalue weighted by Gasteiger charge is 2.29. The Morgan fingerprint density at radius 3 is 2.68 bits per heavy atom. The summed E-state index contributed by atoms with van der Waals surface area (Å²) in [5.74, 6) is -0.977. The number of nitrogens with zero attached hydrogens (tertiary/aromatic N) is 1. The highest BCUT2D eigenvalue weighted by Crippen LogP contribution is 2.17. The number of amides is 1. The van der Waals surface area contributed by atoms with Crippen molar-refractivity contribution in [3.63, 3.8) is 0 Å². The molecule has 0 unspecified atom stereocenters. The van der Waals surface area contributed by atoms with Crippen molar-refractivity contribution >= 4 is 16.1 Å². The molecule has 2 rings (SSSR count). The molecule has 1 heterocycles. The molecule has 0 radical (unpaired) electrons. The highest BCUT2D eigenvalue weighted by molar-refractivity contribution is 7.88. The summed E-state index contributed by atoms with van der Waals surface area (Å²) in [5.41, 5.74) is -0.483. The predicted molar refractivity (Wildman–Crippen MR) is 93.0 cm³/mol. The first-order valence-corrected chi connectivity index (χ1v) is 9.92. The van der Waals surface area contributed by atoms with E-state index < -0.39 is 39.3 Å². The number of carbonyl (C=O) groups is 1. The van der Waals surface area contributed by atoms with Crippen LogP contribution >= 0.6 is 0 Å². The van der Waals surface area contributed by atoms with Crippen molar-refractivity contribution in [1.82, 2.24) is 9.62 Å². The Bertz CT molecular complexity index is 716. The lowest BCUT2D eigenvalue weighted by Crippen LogP contribution is -2.50. The van der Waals surface area contributed by atoms with Gasteiger partial charge in [0, 0.05) is 24.7 Å². The molecule has 8 heteroatoms. The molecule has 1 atom stereocenters. The minimum atomic E-state index is -3.71. The number of benzene rings is 1. The van der Waals surface area contributed by atoms with Crippen LogP contribution in [0.1, 0.15) is 39.2 Å². The maximum atomic E-state index is 13.7. The van der Waals surface area contributed by atoms with E-state index in [1.807, 2.05) is 0 Å². The summed E-state index contributed by atoms with van der Waals surface area (Å²) in [7, 11) is -3.71. The fraction of sp³-hybridized carbons (Fsp3) is 0.588. The average molecular weight is 372 g/mol. The Kier molecular flexibility index (Phi) is 6.05. The number of sulfonamides is 1. The first kappa shape index (κ1) is 19.7. The molecule has 1 aromatic carbocycles. The van der Waals surface area contributed by atoms with Crippen molar-refractivity contribution in [1.29, 1.82) is 0 Å². The van der Waals surface area contributed by atoms with E-state index in [0.29, 0.717) is 19.4 Å². The smallest absolute Gasteiger partial charge is 0.410 e. The van der Waals surface area contributed by atoms with Gasteiger partial charge < -0.3 is 9.64 Å². The number of piperidine rings is 1. The fourth-order valence-electron chi connectivity index (χ4n) is 2.68. The maximum absolute atomic E-state index is 13.7. The van der Waals surface area contributed by atoms with Gasteiger partial charge in [-0.1, -0.05) is 18.2 Å². The Hall–Kier alpha value is -1.67. The van der Waals surface area contributed by atoms with Crippen molar-refractivity contribution in [2.75, 3.05) is 13.1 Å². The van der Waals surface area contributed by atoms with Gasteiger partial charge in [0.1, 0.15) is 11.4 Å². The lowest BCUT2D eigenvalue weighted by molar-refractivity contribution is 0.0195. The molecule has 140 valence electrons. The molecule has 1 N–H and O–H groups in total. The Morgan fingerprint density at radius 1 is 1.36 bits per heavy atom. The summed E-state index contributed by atoms with van der Waals surface area (Å²) in [4.78, 5) is 13.6. The van der Waals surface area contributed by atoms with Gasteiger partial charge in [-0.3, -0.25) is 0 Å². The minimum absolute atomic E-state index is 0.120. The third-order valence-corrected chi connectivity index (χ3v) is 5.11. The third-order valence-electron chi connectivity index (χ3n) is 3.72. The Morgan fingerprint density at radius 2 is 2.04 bits per heavy atom. The van der Waals surface area contributed by atoms with Crippen LogP contribution in [-0.2, 0) is 20.5 Å². The molecule has 0 bridgehead atoms. The zero-order chi connectivity index (χ0) is 18.7. The maximum Gasteiger partial charge on any atom is 0.410 e. The van der Waals surface area contributed by atoms with E-state index in [1.54, 1.807) is 26.8 Å². The van der Waals surface area contributed by atoms with Crippen LogP contribution in [0.3, 0.4) is 0 Å². The molecule has 1 aromatic rings. The number of likely N-dealkylation sites (tertiary alicyclic amines) is 1. The molecule has 0 aromatic heterocycles. The summed E-state index contributed by atoms with van der Waals surface area (Å²) in [6, 6.07) is 5.38. The SMILES string of the molecule is CC(C)(C)OC(=O)N1CCC[C@@H](NS(=O)(=O)Cc2ccccc2F)C1. The van der Waals surface area contributed by atoms with E-state index in [0.717, 1.165) is 0 Å². The molecule has 1 saturated heterocycles. The molecule has 1 aliphatic heterocycles. The molecule has 0 saturated carbocycles. The van der Waals surface area contributed by atoms with Gasteiger partial charge in [-0.2, -0.15) is 0 Å². The first-order chi connectivity index (χ1) is 11.6. The number of ether oxygens (including phenoxy) is 1. The van der Waals surface area contributed by atoms with Crippen molar-refractivity contribution in [3.8, 4) is 0 Å². The first-order valence-electron chi connectivity index (χ1n) is 8.27. The molecule has 1 fully saturated rings. The van der Waals surface area contributed by atoms with Gasteiger partial charge in [0.2, 0.25) is 10.0 Å². The van der Waals surface area contributed by atoms with E-state index in [-0.39, 0.29) is 12.1 Å². The Labute approximate surface area is 148 Å². The van der Waals surface area contributed by atoms with Gasteiger partial charge in [-0.05, 0) is 39.7 Å². The topological polar surface area (TPSA) is 75.7 Å². The number of halogens is 1. The van der Waals surface area contributed by atoms with Crippen molar-refractivity contribution < 1.29 is 22.3 Å². The standard InChI is InChI=1S/C17H25FN2O4S/c1-17(2,3)24-16(21)20-10-6-8-14(11-20)19-25(22,23)12-13-7-4-5-9-15(13)18/h4-5,7,9,14,19H,6,8,10-12H2,1-3H3/t14-/m1/s1. The zero-order valence-electron chi connectivity index (χ0n) is 14.8. The van der Waals surface area contributed by atoms with E-state index in [2.05, 4.69) is 4.72 Å². The number of hydrogen-bond donors (Lipinski definition) is 1. The number of nitrogens with one attached hydrogen (secondary N) is 1. The second kappa shape index (κ2) is 7.70. The van der Waals surface area contributed by atoms with Gasteiger partial charge in [-0.25, -0.2) is 22.3 Å². The monoisotopic (exact) mass is 372 g/mol.